The Morgan fingerprint density at radius 2 is 1.96 bits per heavy atom. The third kappa shape index (κ3) is 3.86. The Morgan fingerprint density at radius 3 is 2.64 bits per heavy atom. The number of ether oxygens (including phenoxy) is 1. The monoisotopic (exact) mass is 332 g/mol. The molecule has 0 radical (unpaired) electrons. The quantitative estimate of drug-likeness (QED) is 0.656. The van der Waals surface area contributed by atoms with Gasteiger partial charge in [0.25, 0.3) is 0 Å². The zero-order chi connectivity index (χ0) is 17.6. The Labute approximate surface area is 147 Å². The molecule has 1 aromatic heterocycles. The normalized spacial score (nSPS) is 15.9. The zero-order valence-electron chi connectivity index (χ0n) is 14.3. The topological polar surface area (TPSA) is 54.4 Å². The summed E-state index contributed by atoms with van der Waals surface area (Å²) in [6.45, 7) is 3.89. The minimum atomic E-state index is -0.316. The second-order valence-electron chi connectivity index (χ2n) is 5.63. The predicted molar refractivity (Wildman–Crippen MR) is 100 cm³/mol. The second kappa shape index (κ2) is 7.62. The summed E-state index contributed by atoms with van der Waals surface area (Å²) in [6.07, 6.45) is 7.52. The second-order valence-corrected chi connectivity index (χ2v) is 5.63. The van der Waals surface area contributed by atoms with Crippen molar-refractivity contribution < 1.29 is 9.53 Å². The van der Waals surface area contributed by atoms with Crippen molar-refractivity contribution in [3.05, 3.63) is 89.4 Å². The van der Waals surface area contributed by atoms with Crippen LogP contribution in [-0.2, 0) is 9.53 Å². The van der Waals surface area contributed by atoms with Gasteiger partial charge in [0.05, 0.1) is 18.0 Å². The van der Waals surface area contributed by atoms with Crippen molar-refractivity contribution in [2.75, 3.05) is 6.61 Å². The number of esters is 1. The van der Waals surface area contributed by atoms with Crippen LogP contribution in [0.4, 0.5) is 0 Å². The van der Waals surface area contributed by atoms with Gasteiger partial charge in [0.15, 0.2) is 0 Å². The van der Waals surface area contributed by atoms with Crippen LogP contribution in [0.5, 0.6) is 0 Å². The molecule has 2 heterocycles. The Kier molecular flexibility index (Phi) is 5.09. The van der Waals surface area contributed by atoms with Crippen LogP contribution in [0.15, 0.2) is 83.2 Å². The maximum Gasteiger partial charge on any atom is 0.333 e. The van der Waals surface area contributed by atoms with Crippen molar-refractivity contribution in [3.8, 4) is 0 Å². The highest BCUT2D eigenvalue weighted by Gasteiger charge is 2.15. The van der Waals surface area contributed by atoms with Gasteiger partial charge in [-0.25, -0.2) is 9.79 Å². The first-order valence-electron chi connectivity index (χ1n) is 8.24. The molecule has 25 heavy (non-hydrogen) atoms. The molecule has 0 atom stereocenters. The number of H-pyrrole nitrogens is 1. The van der Waals surface area contributed by atoms with E-state index in [9.17, 15) is 4.79 Å². The number of rotatable bonds is 5. The molecule has 4 heteroatoms. The van der Waals surface area contributed by atoms with E-state index in [1.54, 1.807) is 19.9 Å². The van der Waals surface area contributed by atoms with Crippen LogP contribution in [0.25, 0.3) is 5.57 Å². The van der Waals surface area contributed by atoms with E-state index in [0.29, 0.717) is 12.2 Å². The minimum Gasteiger partial charge on any atom is -0.463 e. The molecule has 1 aliphatic heterocycles. The van der Waals surface area contributed by atoms with Crippen LogP contribution in [0.3, 0.4) is 0 Å². The fourth-order valence-electron chi connectivity index (χ4n) is 2.66. The largest absolute Gasteiger partial charge is 0.463 e. The highest BCUT2D eigenvalue weighted by molar-refractivity contribution is 6.11. The van der Waals surface area contributed by atoms with E-state index in [1.165, 1.54) is 0 Å². The van der Waals surface area contributed by atoms with Gasteiger partial charge in [-0.05, 0) is 49.8 Å². The fourth-order valence-corrected chi connectivity index (χ4v) is 2.66. The summed E-state index contributed by atoms with van der Waals surface area (Å²) in [6, 6.07) is 14.1. The Morgan fingerprint density at radius 1 is 1.16 bits per heavy atom. The average molecular weight is 332 g/mol. The number of allylic oxidation sites excluding steroid dienone is 3. The molecule has 0 amide bonds. The number of carbonyl (C=O) groups is 1. The maximum atomic E-state index is 11.8. The standard InChI is InChI=1S/C21H20N2O2/c1-3-25-21(24)15(2)14-17-11-12-19(23-17)20(18-10-7-13-22-18)16-8-5-4-6-9-16/h4-14,22H,3H2,1-2H3/b15-14+,20-19+. The summed E-state index contributed by atoms with van der Waals surface area (Å²) in [5.41, 5.74) is 5.24. The van der Waals surface area contributed by atoms with Crippen LogP contribution in [0, 0.1) is 0 Å². The Hall–Kier alpha value is -3.14. The Balaban J connectivity index is 2.00. The number of nitrogens with one attached hydrogen (secondary N) is 1. The van der Waals surface area contributed by atoms with Crippen LogP contribution in [-0.4, -0.2) is 23.3 Å². The van der Waals surface area contributed by atoms with Gasteiger partial charge in [-0.2, -0.15) is 0 Å². The van der Waals surface area contributed by atoms with Crippen molar-refractivity contribution in [3.63, 3.8) is 0 Å². The number of carbonyl (C=O) groups excluding carboxylic acids is 1. The van der Waals surface area contributed by atoms with E-state index in [2.05, 4.69) is 22.1 Å². The molecule has 0 spiro atoms. The lowest BCUT2D eigenvalue weighted by molar-refractivity contribution is -0.138. The zero-order valence-corrected chi connectivity index (χ0v) is 14.3. The molecule has 0 bridgehead atoms. The van der Waals surface area contributed by atoms with Crippen LogP contribution < -0.4 is 0 Å². The molecule has 2 aromatic rings. The predicted octanol–water partition coefficient (Wildman–Crippen LogP) is 4.29. The number of aliphatic imine (C=N–C) groups is 1. The van der Waals surface area contributed by atoms with E-state index in [1.807, 2.05) is 48.7 Å². The summed E-state index contributed by atoms with van der Waals surface area (Å²) >= 11 is 0. The molecule has 0 saturated carbocycles. The molecular weight excluding hydrogens is 312 g/mol. The Bertz CT molecular complexity index is 870. The number of aromatic amines is 1. The van der Waals surface area contributed by atoms with Gasteiger partial charge in [-0.3, -0.25) is 0 Å². The summed E-state index contributed by atoms with van der Waals surface area (Å²) in [5, 5.41) is 0. The van der Waals surface area contributed by atoms with Crippen molar-refractivity contribution in [1.82, 2.24) is 4.98 Å². The van der Waals surface area contributed by atoms with Crippen molar-refractivity contribution >= 4 is 17.3 Å². The molecule has 4 nitrogen and oxygen atoms in total. The van der Waals surface area contributed by atoms with Gasteiger partial charge >= 0.3 is 5.97 Å². The van der Waals surface area contributed by atoms with Crippen molar-refractivity contribution in [1.29, 1.82) is 0 Å². The first kappa shape index (κ1) is 16.7. The van der Waals surface area contributed by atoms with E-state index in [-0.39, 0.29) is 5.97 Å². The van der Waals surface area contributed by atoms with Gasteiger partial charge in [0, 0.05) is 23.0 Å². The summed E-state index contributed by atoms with van der Waals surface area (Å²) < 4.78 is 5.01. The average Bonchev–Trinajstić information content (AvgIpc) is 3.29. The molecule has 0 aliphatic carbocycles. The number of hydrogen-bond acceptors (Lipinski definition) is 3. The lowest BCUT2D eigenvalue weighted by Crippen LogP contribution is -2.06. The molecule has 126 valence electrons. The third-order valence-electron chi connectivity index (χ3n) is 3.81. The van der Waals surface area contributed by atoms with Crippen molar-refractivity contribution in [2.45, 2.75) is 13.8 Å². The molecule has 1 aromatic carbocycles. The smallest absolute Gasteiger partial charge is 0.333 e. The highest BCUT2D eigenvalue weighted by atomic mass is 16.5. The van der Waals surface area contributed by atoms with Gasteiger partial charge in [-0.1, -0.05) is 30.3 Å². The lowest BCUT2D eigenvalue weighted by Gasteiger charge is -2.08. The van der Waals surface area contributed by atoms with Crippen molar-refractivity contribution in [2.24, 2.45) is 4.99 Å². The first-order valence-corrected chi connectivity index (χ1v) is 8.24. The third-order valence-corrected chi connectivity index (χ3v) is 3.81. The minimum absolute atomic E-state index is 0.316. The summed E-state index contributed by atoms with van der Waals surface area (Å²) in [4.78, 5) is 19.7. The number of hydrogen-bond donors (Lipinski definition) is 1. The van der Waals surface area contributed by atoms with Crippen LogP contribution in [0.2, 0.25) is 0 Å². The van der Waals surface area contributed by atoms with Gasteiger partial charge in [-0.15, -0.1) is 0 Å². The highest BCUT2D eigenvalue weighted by Crippen LogP contribution is 2.29. The number of benzene rings is 1. The number of aromatic nitrogens is 1. The summed E-state index contributed by atoms with van der Waals surface area (Å²) in [7, 11) is 0. The lowest BCUT2D eigenvalue weighted by atomic mass is 10.0. The van der Waals surface area contributed by atoms with Crippen LogP contribution in [0.1, 0.15) is 25.1 Å². The molecule has 1 N–H and O–H groups in total. The fraction of sp³-hybridized carbons (Fsp3) is 0.143. The van der Waals surface area contributed by atoms with E-state index in [0.717, 1.165) is 28.2 Å². The van der Waals surface area contributed by atoms with Gasteiger partial charge in [0.2, 0.25) is 0 Å². The molecular formula is C21H20N2O2. The molecule has 0 saturated heterocycles. The molecule has 3 rings (SSSR count). The van der Waals surface area contributed by atoms with E-state index < -0.39 is 0 Å². The SMILES string of the molecule is CCOC(=O)/C(C)=C/C1=NC(=C(\c2ccccc2)c2ccc[nH]2)/C=C1. The molecule has 0 unspecified atom stereocenters. The molecule has 0 fully saturated rings. The van der Waals surface area contributed by atoms with Crippen LogP contribution >= 0.6 is 0 Å². The van der Waals surface area contributed by atoms with E-state index in [4.69, 9.17) is 4.74 Å². The summed E-state index contributed by atoms with van der Waals surface area (Å²) in [5.74, 6) is -0.316. The maximum absolute atomic E-state index is 11.8. The number of nitrogens with zero attached hydrogens (tertiary/aromatic N) is 1. The first-order chi connectivity index (χ1) is 12.2. The molecule has 1 aliphatic rings. The van der Waals surface area contributed by atoms with Gasteiger partial charge < -0.3 is 9.72 Å². The van der Waals surface area contributed by atoms with E-state index >= 15 is 0 Å². The van der Waals surface area contributed by atoms with Gasteiger partial charge in [0.1, 0.15) is 0 Å².